The normalized spacial score (nSPS) is 15.2. The first-order valence-electron chi connectivity index (χ1n) is 23.1. The molecule has 0 aliphatic carbocycles. The van der Waals surface area contributed by atoms with E-state index in [-0.39, 0.29) is 19.1 Å². The van der Waals surface area contributed by atoms with Gasteiger partial charge in [0.1, 0.15) is 13.2 Å². The maximum atomic E-state index is 12.9. The third kappa shape index (κ3) is 43.3. The Hall–Kier alpha value is -2.58. The van der Waals surface area contributed by atoms with Crippen LogP contribution in [0.5, 0.6) is 0 Å². The molecule has 0 aromatic heterocycles. The minimum absolute atomic E-state index is 0.0437. The maximum absolute atomic E-state index is 12.9. The minimum atomic E-state index is -4.36. The molecular formula is C50H88N2O6P+. The van der Waals surface area contributed by atoms with E-state index < -0.39 is 20.0 Å². The molecule has 0 saturated carbocycles. The van der Waals surface area contributed by atoms with Crippen molar-refractivity contribution in [3.63, 3.8) is 0 Å². The second kappa shape index (κ2) is 40.8. The van der Waals surface area contributed by atoms with Crippen molar-refractivity contribution < 1.29 is 32.9 Å². The first-order valence-corrected chi connectivity index (χ1v) is 24.6. The summed E-state index contributed by atoms with van der Waals surface area (Å²) in [6, 6.07) is -0.886. The molecule has 0 bridgehead atoms. The highest BCUT2D eigenvalue weighted by Crippen LogP contribution is 2.43. The van der Waals surface area contributed by atoms with Gasteiger partial charge in [0.25, 0.3) is 0 Å². The fourth-order valence-electron chi connectivity index (χ4n) is 5.86. The van der Waals surface area contributed by atoms with E-state index in [1.807, 2.05) is 27.2 Å². The summed E-state index contributed by atoms with van der Waals surface area (Å²) in [5, 5.41) is 13.8. The number of nitrogens with zero attached hydrogens (tertiary/aromatic N) is 1. The predicted molar refractivity (Wildman–Crippen MR) is 253 cm³/mol. The third-order valence-corrected chi connectivity index (χ3v) is 10.5. The van der Waals surface area contributed by atoms with Crippen molar-refractivity contribution in [3.05, 3.63) is 97.2 Å². The molecule has 59 heavy (non-hydrogen) atoms. The summed E-state index contributed by atoms with van der Waals surface area (Å²) in [5.41, 5.74) is 0. The molecule has 0 heterocycles. The SMILES string of the molecule is CC/C=C\C/C=C\C/C=C\C/C=C\C/C=C\CCCCCCCC(=O)NC(COP(=O)(O)OCC[N+](C)(C)C)C(O)/C=C/CC/C=C/CC/C=C/CCCCCCCC. The number of nitrogens with one attached hydrogen (secondary N) is 1. The van der Waals surface area contributed by atoms with Gasteiger partial charge in [0.2, 0.25) is 5.91 Å². The maximum Gasteiger partial charge on any atom is 0.472 e. The molecule has 3 atom stereocenters. The number of aliphatic hydroxyl groups excluding tert-OH is 1. The number of carbonyl (C=O) groups excluding carboxylic acids is 1. The van der Waals surface area contributed by atoms with Gasteiger partial charge < -0.3 is 19.8 Å². The van der Waals surface area contributed by atoms with Crippen LogP contribution in [-0.4, -0.2) is 73.4 Å². The van der Waals surface area contributed by atoms with Gasteiger partial charge in [0.15, 0.2) is 0 Å². The van der Waals surface area contributed by atoms with E-state index in [1.54, 1.807) is 6.08 Å². The Labute approximate surface area is 362 Å². The Kier molecular flexibility index (Phi) is 39.0. The lowest BCUT2D eigenvalue weighted by Gasteiger charge is -2.25. The van der Waals surface area contributed by atoms with Crippen LogP contribution >= 0.6 is 7.82 Å². The van der Waals surface area contributed by atoms with Crippen molar-refractivity contribution in [2.75, 3.05) is 40.9 Å². The molecule has 0 aliphatic rings. The van der Waals surface area contributed by atoms with Gasteiger partial charge in [-0.25, -0.2) is 4.57 Å². The number of quaternary nitrogens is 1. The van der Waals surface area contributed by atoms with Gasteiger partial charge in [-0.1, -0.05) is 162 Å². The highest BCUT2D eigenvalue weighted by molar-refractivity contribution is 7.47. The molecular weight excluding hydrogens is 756 g/mol. The van der Waals surface area contributed by atoms with Crippen LogP contribution in [0, 0.1) is 0 Å². The van der Waals surface area contributed by atoms with Crippen LogP contribution in [0.15, 0.2) is 97.2 Å². The van der Waals surface area contributed by atoms with E-state index in [9.17, 15) is 19.4 Å². The molecule has 3 unspecified atom stereocenters. The van der Waals surface area contributed by atoms with Gasteiger partial charge in [-0.05, 0) is 89.9 Å². The summed E-state index contributed by atoms with van der Waals surface area (Å²) in [5.74, 6) is -0.215. The Bertz CT molecular complexity index is 1280. The van der Waals surface area contributed by atoms with E-state index in [2.05, 4.69) is 104 Å². The molecule has 0 saturated heterocycles. The summed E-state index contributed by atoms with van der Waals surface area (Å²) in [7, 11) is 1.51. The molecule has 0 aliphatic heterocycles. The molecule has 338 valence electrons. The Morgan fingerprint density at radius 3 is 1.56 bits per heavy atom. The third-order valence-electron chi connectivity index (χ3n) is 9.52. The monoisotopic (exact) mass is 844 g/mol. The molecule has 0 spiro atoms. The molecule has 9 heteroatoms. The smallest absolute Gasteiger partial charge is 0.387 e. The number of hydrogen-bond donors (Lipinski definition) is 3. The highest BCUT2D eigenvalue weighted by atomic mass is 31.2. The number of carbonyl (C=O) groups is 1. The number of phosphoric acid groups is 1. The van der Waals surface area contributed by atoms with Gasteiger partial charge in [-0.15, -0.1) is 0 Å². The van der Waals surface area contributed by atoms with Crippen molar-refractivity contribution in [2.45, 2.75) is 174 Å². The summed E-state index contributed by atoms with van der Waals surface area (Å²) in [6.07, 6.45) is 57.6. The van der Waals surface area contributed by atoms with Gasteiger partial charge in [-0.2, -0.15) is 0 Å². The van der Waals surface area contributed by atoms with E-state index in [1.165, 1.54) is 44.9 Å². The number of likely N-dealkylation sites (N-methyl/N-ethyl adjacent to an activating group) is 1. The minimum Gasteiger partial charge on any atom is -0.387 e. The average Bonchev–Trinajstić information content (AvgIpc) is 3.19. The number of unbranched alkanes of at least 4 members (excludes halogenated alkanes) is 13. The van der Waals surface area contributed by atoms with E-state index >= 15 is 0 Å². The predicted octanol–water partition coefficient (Wildman–Crippen LogP) is 13.1. The molecule has 0 fully saturated rings. The molecule has 0 aromatic rings. The van der Waals surface area contributed by atoms with Crippen LogP contribution in [0.1, 0.15) is 162 Å². The van der Waals surface area contributed by atoms with Crippen LogP contribution in [0.3, 0.4) is 0 Å². The quantitative estimate of drug-likeness (QED) is 0.0246. The lowest BCUT2D eigenvalue weighted by Crippen LogP contribution is -2.45. The lowest BCUT2D eigenvalue weighted by molar-refractivity contribution is -0.870. The topological polar surface area (TPSA) is 105 Å². The Balaban J connectivity index is 4.53. The first-order chi connectivity index (χ1) is 28.5. The second-order valence-corrected chi connectivity index (χ2v) is 17.8. The van der Waals surface area contributed by atoms with E-state index in [4.69, 9.17) is 9.05 Å². The zero-order chi connectivity index (χ0) is 43.6. The summed E-state index contributed by atoms with van der Waals surface area (Å²) in [6.45, 7) is 4.62. The summed E-state index contributed by atoms with van der Waals surface area (Å²) < 4.78 is 23.5. The number of allylic oxidation sites excluding steroid dienone is 15. The number of amides is 1. The van der Waals surface area contributed by atoms with Crippen LogP contribution in [-0.2, 0) is 18.4 Å². The fraction of sp³-hybridized carbons (Fsp3) is 0.660. The number of hydrogen-bond acceptors (Lipinski definition) is 5. The highest BCUT2D eigenvalue weighted by Gasteiger charge is 2.27. The first kappa shape index (κ1) is 56.4. The fourth-order valence-corrected chi connectivity index (χ4v) is 6.60. The molecule has 0 rings (SSSR count). The molecule has 0 aromatic carbocycles. The summed E-state index contributed by atoms with van der Waals surface area (Å²) >= 11 is 0. The Morgan fingerprint density at radius 2 is 1.03 bits per heavy atom. The van der Waals surface area contributed by atoms with Crippen molar-refractivity contribution in [1.29, 1.82) is 0 Å². The standard InChI is InChI=1S/C50H87N2O6P/c1-6-8-10-12-14-16-18-20-22-24-25-26-27-28-30-32-34-36-38-40-42-44-50(54)51-48(47-58-59(55,56)57-46-45-52(3,4)5)49(53)43-41-39-37-35-33-31-29-23-21-19-17-15-13-11-9-7-2/h8,10,14,16,20-23,25-26,28,30,33,35,41,43,48-49,53H,6-7,9,11-13,15,17-19,24,27,29,31-32,34,36-40,42,44-47H2,1-5H3,(H-,51,54,55,56)/p+1/b10-8-,16-14-,22-20-,23-21+,26-25-,30-28-,35-33+,43-41+. The van der Waals surface area contributed by atoms with Crippen molar-refractivity contribution in [2.24, 2.45) is 0 Å². The zero-order valence-electron chi connectivity index (χ0n) is 38.2. The lowest BCUT2D eigenvalue weighted by atomic mass is 10.1. The van der Waals surface area contributed by atoms with Crippen LogP contribution < -0.4 is 5.32 Å². The van der Waals surface area contributed by atoms with Crippen LogP contribution in [0.2, 0.25) is 0 Å². The molecule has 1 amide bonds. The van der Waals surface area contributed by atoms with E-state index in [0.717, 1.165) is 96.3 Å². The Morgan fingerprint density at radius 1 is 0.593 bits per heavy atom. The van der Waals surface area contributed by atoms with Crippen molar-refractivity contribution in [3.8, 4) is 0 Å². The molecule has 0 radical (unpaired) electrons. The second-order valence-electron chi connectivity index (χ2n) is 16.4. The molecule has 8 nitrogen and oxygen atoms in total. The average molecular weight is 844 g/mol. The van der Waals surface area contributed by atoms with Crippen LogP contribution in [0.25, 0.3) is 0 Å². The van der Waals surface area contributed by atoms with Gasteiger partial charge in [0, 0.05) is 6.42 Å². The van der Waals surface area contributed by atoms with Gasteiger partial charge >= 0.3 is 7.82 Å². The van der Waals surface area contributed by atoms with Crippen LogP contribution in [0.4, 0.5) is 0 Å². The zero-order valence-corrected chi connectivity index (χ0v) is 39.1. The van der Waals surface area contributed by atoms with E-state index in [0.29, 0.717) is 17.4 Å². The number of rotatable bonds is 40. The summed E-state index contributed by atoms with van der Waals surface area (Å²) in [4.78, 5) is 23.1. The number of aliphatic hydroxyl groups is 1. The van der Waals surface area contributed by atoms with Crippen molar-refractivity contribution in [1.82, 2.24) is 5.32 Å². The molecule has 3 N–H and O–H groups in total. The van der Waals surface area contributed by atoms with Crippen molar-refractivity contribution >= 4 is 13.7 Å². The van der Waals surface area contributed by atoms with Gasteiger partial charge in [0.05, 0.1) is 39.9 Å². The largest absolute Gasteiger partial charge is 0.472 e. The van der Waals surface area contributed by atoms with Gasteiger partial charge in [-0.3, -0.25) is 13.8 Å². The number of phosphoric ester groups is 1.